The van der Waals surface area contributed by atoms with Crippen LogP contribution < -0.4 is 0 Å². The van der Waals surface area contributed by atoms with E-state index in [9.17, 15) is 4.79 Å². The molecule has 0 bridgehead atoms. The maximum Gasteiger partial charge on any atom is 0.335 e. The van der Waals surface area contributed by atoms with E-state index in [4.69, 9.17) is 9.84 Å². The van der Waals surface area contributed by atoms with Crippen molar-refractivity contribution in [2.45, 2.75) is 6.61 Å². The van der Waals surface area contributed by atoms with Gasteiger partial charge in [0.15, 0.2) is 0 Å². The SMILES string of the molecule is O=C(O)c1ccc(C(=Cc2ccccc2)OCc2ccccc2)cc1. The molecule has 3 nitrogen and oxygen atoms in total. The molecule has 3 aromatic carbocycles. The molecule has 0 atom stereocenters. The van der Waals surface area contributed by atoms with E-state index in [1.165, 1.54) is 0 Å². The molecule has 1 N–H and O–H groups in total. The Morgan fingerprint density at radius 1 is 0.800 bits per heavy atom. The van der Waals surface area contributed by atoms with Crippen LogP contribution in [0.25, 0.3) is 11.8 Å². The number of carboxylic acid groups (broad SMARTS) is 1. The lowest BCUT2D eigenvalue weighted by Gasteiger charge is -2.12. The topological polar surface area (TPSA) is 46.5 Å². The van der Waals surface area contributed by atoms with Gasteiger partial charge in [-0.3, -0.25) is 0 Å². The van der Waals surface area contributed by atoms with Gasteiger partial charge in [0, 0.05) is 5.56 Å². The van der Waals surface area contributed by atoms with Gasteiger partial charge in [0.1, 0.15) is 12.4 Å². The number of ether oxygens (including phenoxy) is 1. The Kier molecular flexibility index (Phi) is 5.27. The third-order valence-corrected chi connectivity index (χ3v) is 3.75. The summed E-state index contributed by atoms with van der Waals surface area (Å²) in [5.41, 5.74) is 3.19. The molecule has 124 valence electrons. The quantitative estimate of drug-likeness (QED) is 0.505. The van der Waals surface area contributed by atoms with Crippen LogP contribution in [0.4, 0.5) is 0 Å². The zero-order valence-corrected chi connectivity index (χ0v) is 13.6. The van der Waals surface area contributed by atoms with Gasteiger partial charge in [-0.1, -0.05) is 72.8 Å². The molecule has 0 aliphatic rings. The molecular weight excluding hydrogens is 312 g/mol. The molecule has 25 heavy (non-hydrogen) atoms. The molecule has 0 saturated heterocycles. The minimum absolute atomic E-state index is 0.255. The summed E-state index contributed by atoms with van der Waals surface area (Å²) in [6, 6.07) is 26.5. The van der Waals surface area contributed by atoms with Gasteiger partial charge in [-0.05, 0) is 29.3 Å². The smallest absolute Gasteiger partial charge is 0.335 e. The lowest BCUT2D eigenvalue weighted by atomic mass is 10.1. The minimum atomic E-state index is -0.939. The maximum atomic E-state index is 11.0. The van der Waals surface area contributed by atoms with Gasteiger partial charge in [0.25, 0.3) is 0 Å². The van der Waals surface area contributed by atoms with Crippen LogP contribution in [-0.4, -0.2) is 11.1 Å². The highest BCUT2D eigenvalue weighted by Gasteiger charge is 2.07. The summed E-state index contributed by atoms with van der Waals surface area (Å²) in [5.74, 6) is -0.239. The van der Waals surface area contributed by atoms with Gasteiger partial charge < -0.3 is 9.84 Å². The fourth-order valence-electron chi connectivity index (χ4n) is 2.42. The van der Waals surface area contributed by atoms with Crippen molar-refractivity contribution in [1.82, 2.24) is 0 Å². The highest BCUT2D eigenvalue weighted by atomic mass is 16.5. The highest BCUT2D eigenvalue weighted by molar-refractivity contribution is 5.88. The summed E-state index contributed by atoms with van der Waals surface area (Å²) in [6.45, 7) is 0.445. The van der Waals surface area contributed by atoms with E-state index in [0.717, 1.165) is 16.7 Å². The minimum Gasteiger partial charge on any atom is -0.488 e. The Hall–Kier alpha value is -3.33. The number of hydrogen-bond acceptors (Lipinski definition) is 2. The van der Waals surface area contributed by atoms with Crippen molar-refractivity contribution in [2.24, 2.45) is 0 Å². The van der Waals surface area contributed by atoms with Crippen LogP contribution in [0.3, 0.4) is 0 Å². The molecule has 0 aliphatic carbocycles. The molecule has 0 saturated carbocycles. The Morgan fingerprint density at radius 3 is 1.96 bits per heavy atom. The summed E-state index contributed by atoms with van der Waals surface area (Å²) in [4.78, 5) is 11.0. The molecule has 0 fully saturated rings. The predicted molar refractivity (Wildman–Crippen MR) is 98.9 cm³/mol. The molecule has 0 radical (unpaired) electrons. The van der Waals surface area contributed by atoms with Gasteiger partial charge in [0.05, 0.1) is 5.56 Å². The molecule has 0 heterocycles. The molecular formula is C22H18O3. The number of aromatic carboxylic acids is 1. The van der Waals surface area contributed by atoms with E-state index in [1.807, 2.05) is 66.7 Å². The largest absolute Gasteiger partial charge is 0.488 e. The van der Waals surface area contributed by atoms with Gasteiger partial charge in [0.2, 0.25) is 0 Å². The third-order valence-electron chi connectivity index (χ3n) is 3.75. The molecule has 0 unspecified atom stereocenters. The van der Waals surface area contributed by atoms with Crippen LogP contribution in [0, 0.1) is 0 Å². The van der Waals surface area contributed by atoms with Crippen LogP contribution >= 0.6 is 0 Å². The van der Waals surface area contributed by atoms with E-state index < -0.39 is 5.97 Å². The fraction of sp³-hybridized carbons (Fsp3) is 0.0455. The standard InChI is InChI=1S/C22H18O3/c23-22(24)20-13-11-19(12-14-20)21(15-17-7-3-1-4-8-17)25-16-18-9-5-2-6-10-18/h1-15H,16H2,(H,23,24). The maximum absolute atomic E-state index is 11.0. The monoisotopic (exact) mass is 330 g/mol. The third kappa shape index (κ3) is 4.58. The van der Waals surface area contributed by atoms with Crippen molar-refractivity contribution >= 4 is 17.8 Å². The predicted octanol–water partition coefficient (Wildman–Crippen LogP) is 5.10. The Morgan fingerprint density at radius 2 is 1.36 bits per heavy atom. The summed E-state index contributed by atoms with van der Waals surface area (Å²) in [6.07, 6.45) is 1.96. The first-order chi connectivity index (χ1) is 12.2. The Bertz CT molecular complexity index is 851. The van der Waals surface area contributed by atoms with Crippen LogP contribution in [0.15, 0.2) is 84.9 Å². The van der Waals surface area contributed by atoms with Gasteiger partial charge in [-0.2, -0.15) is 0 Å². The number of benzene rings is 3. The van der Waals surface area contributed by atoms with Crippen LogP contribution in [0.5, 0.6) is 0 Å². The van der Waals surface area contributed by atoms with Crippen LogP contribution in [0.2, 0.25) is 0 Å². The second kappa shape index (κ2) is 7.97. The van der Waals surface area contributed by atoms with Gasteiger partial charge in [-0.15, -0.1) is 0 Å². The molecule has 0 aromatic heterocycles. The number of rotatable bonds is 6. The van der Waals surface area contributed by atoms with E-state index in [0.29, 0.717) is 12.4 Å². The van der Waals surface area contributed by atoms with Crippen molar-refractivity contribution in [3.8, 4) is 0 Å². The van der Waals surface area contributed by atoms with E-state index in [-0.39, 0.29) is 5.56 Å². The summed E-state index contributed by atoms with van der Waals surface area (Å²) in [7, 11) is 0. The fourth-order valence-corrected chi connectivity index (χ4v) is 2.42. The second-order valence-electron chi connectivity index (χ2n) is 5.58. The van der Waals surface area contributed by atoms with Crippen molar-refractivity contribution in [3.63, 3.8) is 0 Å². The molecule has 0 spiro atoms. The van der Waals surface area contributed by atoms with Crippen LogP contribution in [0.1, 0.15) is 27.0 Å². The van der Waals surface area contributed by atoms with Crippen molar-refractivity contribution in [3.05, 3.63) is 107 Å². The van der Waals surface area contributed by atoms with E-state index >= 15 is 0 Å². The first kappa shape index (κ1) is 16.5. The van der Waals surface area contributed by atoms with Gasteiger partial charge >= 0.3 is 5.97 Å². The number of carboxylic acids is 1. The second-order valence-corrected chi connectivity index (χ2v) is 5.58. The first-order valence-corrected chi connectivity index (χ1v) is 7.99. The Labute approximate surface area is 146 Å². The number of carbonyl (C=O) groups is 1. The lowest BCUT2D eigenvalue weighted by molar-refractivity contribution is 0.0697. The molecule has 3 heteroatoms. The summed E-state index contributed by atoms with van der Waals surface area (Å²) in [5, 5.41) is 9.06. The zero-order chi connectivity index (χ0) is 17.5. The normalized spacial score (nSPS) is 11.1. The van der Waals surface area contributed by atoms with Crippen molar-refractivity contribution < 1.29 is 14.6 Å². The lowest BCUT2D eigenvalue weighted by Crippen LogP contribution is -1.98. The van der Waals surface area contributed by atoms with E-state index in [2.05, 4.69) is 0 Å². The molecule has 3 rings (SSSR count). The molecule has 3 aromatic rings. The van der Waals surface area contributed by atoms with Crippen molar-refractivity contribution in [2.75, 3.05) is 0 Å². The van der Waals surface area contributed by atoms with Crippen LogP contribution in [-0.2, 0) is 11.3 Å². The van der Waals surface area contributed by atoms with E-state index in [1.54, 1.807) is 24.3 Å². The molecule has 0 aliphatic heterocycles. The average molecular weight is 330 g/mol. The average Bonchev–Trinajstić information content (AvgIpc) is 2.67. The number of hydrogen-bond donors (Lipinski definition) is 1. The summed E-state index contributed by atoms with van der Waals surface area (Å²) >= 11 is 0. The van der Waals surface area contributed by atoms with Gasteiger partial charge in [-0.25, -0.2) is 4.79 Å². The van der Waals surface area contributed by atoms with Crippen molar-refractivity contribution in [1.29, 1.82) is 0 Å². The first-order valence-electron chi connectivity index (χ1n) is 7.99. The molecule has 0 amide bonds. The Balaban J connectivity index is 1.88. The summed E-state index contributed by atoms with van der Waals surface area (Å²) < 4.78 is 6.03. The highest BCUT2D eigenvalue weighted by Crippen LogP contribution is 2.22. The zero-order valence-electron chi connectivity index (χ0n) is 13.6.